The fourth-order valence-electron chi connectivity index (χ4n) is 1.62. The highest BCUT2D eigenvalue weighted by Gasteiger charge is 2.09. The van der Waals surface area contributed by atoms with E-state index < -0.39 is 0 Å². The van der Waals surface area contributed by atoms with Crippen LogP contribution in [0.25, 0.3) is 10.9 Å². The molecule has 0 saturated heterocycles. The van der Waals surface area contributed by atoms with Gasteiger partial charge in [0.05, 0.1) is 18.3 Å². The predicted octanol–water partition coefficient (Wildman–Crippen LogP) is 1.24. The smallest absolute Gasteiger partial charge is 0.176 e. The van der Waals surface area contributed by atoms with Crippen LogP contribution in [0, 0.1) is 0 Å². The molecule has 0 saturated carbocycles. The number of ether oxygens (including phenoxy) is 2. The molecule has 2 N–H and O–H groups in total. The Bertz CT molecular complexity index is 477. The van der Waals surface area contributed by atoms with Crippen LogP contribution in [-0.2, 0) is 16.0 Å². The molecule has 0 unspecified atom stereocenters. The molecule has 0 aliphatic carbocycles. The largest absolute Gasteiger partial charge is 0.399 e. The maximum absolute atomic E-state index is 5.74. The van der Waals surface area contributed by atoms with Crippen LogP contribution in [0.15, 0.2) is 24.4 Å². The average Bonchev–Trinajstić information content (AvgIpc) is 2.68. The number of nitrogens with zero attached hydrogens (tertiary/aromatic N) is 2. The van der Waals surface area contributed by atoms with Crippen LogP contribution in [0.5, 0.6) is 0 Å². The van der Waals surface area contributed by atoms with Gasteiger partial charge in [-0.1, -0.05) is 0 Å². The highest BCUT2D eigenvalue weighted by atomic mass is 16.7. The van der Waals surface area contributed by atoms with Crippen LogP contribution in [0.3, 0.4) is 0 Å². The molecular weight excluding hydrogens is 206 g/mol. The summed E-state index contributed by atoms with van der Waals surface area (Å²) in [5, 5.41) is 5.33. The zero-order chi connectivity index (χ0) is 11.5. The lowest BCUT2D eigenvalue weighted by atomic mass is 10.2. The third kappa shape index (κ3) is 2.00. The number of anilines is 1. The van der Waals surface area contributed by atoms with E-state index >= 15 is 0 Å². The van der Waals surface area contributed by atoms with E-state index in [-0.39, 0.29) is 6.29 Å². The van der Waals surface area contributed by atoms with Crippen LogP contribution in [0.4, 0.5) is 5.69 Å². The van der Waals surface area contributed by atoms with Crippen molar-refractivity contribution >= 4 is 16.6 Å². The Morgan fingerprint density at radius 2 is 2.12 bits per heavy atom. The number of rotatable bonds is 4. The summed E-state index contributed by atoms with van der Waals surface area (Å²) in [4.78, 5) is 0. The van der Waals surface area contributed by atoms with E-state index in [1.165, 1.54) is 0 Å². The van der Waals surface area contributed by atoms with E-state index in [1.807, 2.05) is 22.9 Å². The van der Waals surface area contributed by atoms with E-state index in [1.54, 1.807) is 20.4 Å². The lowest BCUT2D eigenvalue weighted by Crippen LogP contribution is -2.21. The maximum Gasteiger partial charge on any atom is 0.176 e. The van der Waals surface area contributed by atoms with E-state index in [0.29, 0.717) is 6.54 Å². The van der Waals surface area contributed by atoms with Crippen molar-refractivity contribution < 1.29 is 9.47 Å². The van der Waals surface area contributed by atoms with Gasteiger partial charge in [0.1, 0.15) is 0 Å². The van der Waals surface area contributed by atoms with Crippen LogP contribution in [-0.4, -0.2) is 30.3 Å². The summed E-state index contributed by atoms with van der Waals surface area (Å²) in [6, 6.07) is 5.70. The monoisotopic (exact) mass is 221 g/mol. The summed E-state index contributed by atoms with van der Waals surface area (Å²) in [6.45, 7) is 0.542. The molecule has 0 bridgehead atoms. The molecule has 1 aromatic heterocycles. The molecule has 0 aliphatic heterocycles. The van der Waals surface area contributed by atoms with Crippen LogP contribution >= 0.6 is 0 Å². The van der Waals surface area contributed by atoms with Gasteiger partial charge in [-0.15, -0.1) is 0 Å². The zero-order valence-corrected chi connectivity index (χ0v) is 9.38. The summed E-state index contributed by atoms with van der Waals surface area (Å²) >= 11 is 0. The average molecular weight is 221 g/mol. The van der Waals surface area contributed by atoms with Gasteiger partial charge in [-0.2, -0.15) is 5.10 Å². The molecule has 0 aliphatic rings. The van der Waals surface area contributed by atoms with E-state index in [9.17, 15) is 0 Å². The third-order valence-electron chi connectivity index (χ3n) is 2.52. The Labute approximate surface area is 93.7 Å². The lowest BCUT2D eigenvalue weighted by molar-refractivity contribution is -0.111. The molecule has 5 nitrogen and oxygen atoms in total. The molecular formula is C11H15N3O2. The summed E-state index contributed by atoms with van der Waals surface area (Å²) in [6.07, 6.45) is 1.50. The number of hydrogen-bond donors (Lipinski definition) is 1. The predicted molar refractivity (Wildman–Crippen MR) is 62.0 cm³/mol. The molecule has 0 amide bonds. The molecule has 0 fully saturated rings. The van der Waals surface area contributed by atoms with Crippen molar-refractivity contribution in [2.24, 2.45) is 0 Å². The highest BCUT2D eigenvalue weighted by Crippen LogP contribution is 2.17. The Hall–Kier alpha value is -1.59. The fraction of sp³-hybridized carbons (Fsp3) is 0.364. The molecule has 0 atom stereocenters. The van der Waals surface area contributed by atoms with Crippen molar-refractivity contribution in [3.63, 3.8) is 0 Å². The molecule has 0 spiro atoms. The minimum absolute atomic E-state index is 0.301. The molecule has 86 valence electrons. The van der Waals surface area contributed by atoms with Gasteiger partial charge < -0.3 is 15.2 Å². The Morgan fingerprint density at radius 1 is 1.38 bits per heavy atom. The minimum atomic E-state index is -0.301. The number of aromatic nitrogens is 2. The van der Waals surface area contributed by atoms with Crippen LogP contribution in [0.1, 0.15) is 0 Å². The molecule has 0 radical (unpaired) electrons. The lowest BCUT2D eigenvalue weighted by Gasteiger charge is -2.13. The summed E-state index contributed by atoms with van der Waals surface area (Å²) < 4.78 is 12.1. The Balaban J connectivity index is 2.33. The second-order valence-electron chi connectivity index (χ2n) is 3.55. The van der Waals surface area contributed by atoms with Crippen molar-refractivity contribution in [3.8, 4) is 0 Å². The first-order valence-electron chi connectivity index (χ1n) is 5.01. The van der Waals surface area contributed by atoms with Gasteiger partial charge in [0, 0.05) is 25.3 Å². The summed E-state index contributed by atoms with van der Waals surface area (Å²) in [5.74, 6) is 0. The number of methoxy groups -OCH3 is 2. The first-order chi connectivity index (χ1) is 7.74. The fourth-order valence-corrected chi connectivity index (χ4v) is 1.62. The van der Waals surface area contributed by atoms with Crippen molar-refractivity contribution in [3.05, 3.63) is 24.4 Å². The van der Waals surface area contributed by atoms with Gasteiger partial charge in [-0.25, -0.2) is 0 Å². The minimum Gasteiger partial charge on any atom is -0.399 e. The van der Waals surface area contributed by atoms with Gasteiger partial charge in [-0.05, 0) is 18.2 Å². The van der Waals surface area contributed by atoms with E-state index in [4.69, 9.17) is 15.2 Å². The van der Waals surface area contributed by atoms with E-state index in [0.717, 1.165) is 16.6 Å². The second kappa shape index (κ2) is 4.51. The first-order valence-corrected chi connectivity index (χ1v) is 5.01. The van der Waals surface area contributed by atoms with E-state index in [2.05, 4.69) is 5.10 Å². The van der Waals surface area contributed by atoms with Crippen LogP contribution < -0.4 is 5.73 Å². The molecule has 5 heteroatoms. The standard InChI is InChI=1S/C11H15N3O2/c1-15-11(16-2)7-14-10-5-9(12)4-3-8(10)6-13-14/h3-6,11H,7,12H2,1-2H3. The van der Waals surface area contributed by atoms with Crippen molar-refractivity contribution in [2.45, 2.75) is 12.8 Å². The number of nitrogen functional groups attached to an aromatic ring is 1. The number of fused-ring (bicyclic) bond motifs is 1. The first kappa shape index (κ1) is 10.9. The highest BCUT2D eigenvalue weighted by molar-refractivity contribution is 5.81. The number of hydrogen-bond acceptors (Lipinski definition) is 4. The molecule has 2 rings (SSSR count). The molecule has 1 heterocycles. The van der Waals surface area contributed by atoms with Crippen molar-refractivity contribution in [2.75, 3.05) is 20.0 Å². The summed E-state index contributed by atoms with van der Waals surface area (Å²) in [7, 11) is 3.21. The maximum atomic E-state index is 5.74. The normalized spacial score (nSPS) is 11.4. The molecule has 1 aromatic carbocycles. The van der Waals surface area contributed by atoms with Crippen LogP contribution in [0.2, 0.25) is 0 Å². The summed E-state index contributed by atoms with van der Waals surface area (Å²) in [5.41, 5.74) is 7.45. The Kier molecular flexibility index (Phi) is 3.07. The Morgan fingerprint density at radius 3 is 2.81 bits per heavy atom. The van der Waals surface area contributed by atoms with Gasteiger partial charge in [0.2, 0.25) is 0 Å². The number of nitrogens with two attached hydrogens (primary N) is 1. The number of benzene rings is 1. The topological polar surface area (TPSA) is 62.3 Å². The second-order valence-corrected chi connectivity index (χ2v) is 3.55. The molecule has 2 aromatic rings. The van der Waals surface area contributed by atoms with Gasteiger partial charge >= 0.3 is 0 Å². The third-order valence-corrected chi connectivity index (χ3v) is 2.52. The van der Waals surface area contributed by atoms with Crippen molar-refractivity contribution in [1.29, 1.82) is 0 Å². The zero-order valence-electron chi connectivity index (χ0n) is 9.38. The SMILES string of the molecule is COC(Cn1ncc2ccc(N)cc21)OC. The quantitative estimate of drug-likeness (QED) is 0.623. The van der Waals surface area contributed by atoms with Crippen molar-refractivity contribution in [1.82, 2.24) is 9.78 Å². The van der Waals surface area contributed by atoms with Gasteiger partial charge in [-0.3, -0.25) is 4.68 Å². The van der Waals surface area contributed by atoms with Gasteiger partial charge in [0.15, 0.2) is 6.29 Å². The van der Waals surface area contributed by atoms with Gasteiger partial charge in [0.25, 0.3) is 0 Å². The molecule has 16 heavy (non-hydrogen) atoms.